The van der Waals surface area contributed by atoms with Crippen molar-refractivity contribution in [2.24, 2.45) is 5.73 Å². The largest absolute Gasteiger partial charge is 0.491 e. The number of non-ortho nitro benzene ring substituents is 1. The van der Waals surface area contributed by atoms with E-state index in [4.69, 9.17) is 10.5 Å². The van der Waals surface area contributed by atoms with Gasteiger partial charge >= 0.3 is 0 Å². The Morgan fingerprint density at radius 2 is 2.37 bits per heavy atom. The first-order chi connectivity index (χ1) is 9.08. The summed E-state index contributed by atoms with van der Waals surface area (Å²) in [4.78, 5) is 21.4. The van der Waals surface area contributed by atoms with Crippen LogP contribution in [-0.4, -0.2) is 30.0 Å². The van der Waals surface area contributed by atoms with Crippen molar-refractivity contribution in [1.82, 2.24) is 5.32 Å². The number of primary amides is 1. The molecule has 7 heteroatoms. The predicted octanol–water partition coefficient (Wildman–Crippen LogP) is 0.824. The van der Waals surface area contributed by atoms with Crippen LogP contribution in [0.15, 0.2) is 18.2 Å². The Balaban J connectivity index is 2.14. The minimum atomic E-state index is -0.738. The van der Waals surface area contributed by atoms with Crippen molar-refractivity contribution in [2.45, 2.75) is 18.9 Å². The number of ether oxygens (including phenoxy) is 1. The van der Waals surface area contributed by atoms with Crippen LogP contribution in [-0.2, 0) is 0 Å². The highest BCUT2D eigenvalue weighted by atomic mass is 16.6. The first-order valence-corrected chi connectivity index (χ1v) is 6.02. The molecular formula is C12H15N3O4. The Morgan fingerprint density at radius 3 is 2.95 bits per heavy atom. The standard InChI is InChI=1S/C12H15N3O4/c13-12(16)10-6-9(15(17)18)3-4-11(10)19-7-8-2-1-5-14-8/h3-4,6,8,14H,1-2,5,7H2,(H2,13,16). The molecular weight excluding hydrogens is 250 g/mol. The van der Waals surface area contributed by atoms with E-state index in [1.165, 1.54) is 12.1 Å². The van der Waals surface area contributed by atoms with E-state index in [0.717, 1.165) is 25.5 Å². The summed E-state index contributed by atoms with van der Waals surface area (Å²) >= 11 is 0. The fraction of sp³-hybridized carbons (Fsp3) is 0.417. The Morgan fingerprint density at radius 1 is 1.58 bits per heavy atom. The minimum Gasteiger partial charge on any atom is -0.491 e. The van der Waals surface area contributed by atoms with Crippen molar-refractivity contribution in [3.05, 3.63) is 33.9 Å². The second-order valence-electron chi connectivity index (χ2n) is 4.41. The maximum Gasteiger partial charge on any atom is 0.270 e. The van der Waals surface area contributed by atoms with Gasteiger partial charge < -0.3 is 15.8 Å². The third-order valence-electron chi connectivity index (χ3n) is 3.04. The van der Waals surface area contributed by atoms with Gasteiger partial charge in [-0.2, -0.15) is 0 Å². The summed E-state index contributed by atoms with van der Waals surface area (Å²) in [5, 5.41) is 13.9. The molecule has 0 aromatic heterocycles. The van der Waals surface area contributed by atoms with E-state index in [1.807, 2.05) is 0 Å². The van der Waals surface area contributed by atoms with Crippen LogP contribution in [0.5, 0.6) is 5.75 Å². The SMILES string of the molecule is NC(=O)c1cc([N+](=O)[O-])ccc1OCC1CCCN1. The molecule has 1 atom stereocenters. The van der Waals surface area contributed by atoms with E-state index in [0.29, 0.717) is 6.61 Å². The van der Waals surface area contributed by atoms with E-state index in [2.05, 4.69) is 5.32 Å². The average molecular weight is 265 g/mol. The van der Waals surface area contributed by atoms with Crippen LogP contribution in [0.25, 0.3) is 0 Å². The number of carbonyl (C=O) groups excluding carboxylic acids is 1. The molecule has 0 bridgehead atoms. The molecule has 102 valence electrons. The van der Waals surface area contributed by atoms with Gasteiger partial charge in [-0.25, -0.2) is 0 Å². The van der Waals surface area contributed by atoms with Gasteiger partial charge in [0.15, 0.2) is 0 Å². The smallest absolute Gasteiger partial charge is 0.270 e. The quantitative estimate of drug-likeness (QED) is 0.605. The van der Waals surface area contributed by atoms with Gasteiger partial charge in [0, 0.05) is 18.2 Å². The maximum atomic E-state index is 11.3. The van der Waals surface area contributed by atoms with Crippen LogP contribution >= 0.6 is 0 Å². The van der Waals surface area contributed by atoms with Crippen molar-refractivity contribution in [3.8, 4) is 5.75 Å². The number of nitrogens with one attached hydrogen (secondary N) is 1. The lowest BCUT2D eigenvalue weighted by molar-refractivity contribution is -0.384. The molecule has 1 saturated heterocycles. The first kappa shape index (κ1) is 13.3. The van der Waals surface area contributed by atoms with Gasteiger partial charge in [0.05, 0.1) is 10.5 Å². The molecule has 1 aromatic carbocycles. The minimum absolute atomic E-state index is 0.0344. The molecule has 1 aromatic rings. The van der Waals surface area contributed by atoms with Crippen LogP contribution in [0.2, 0.25) is 0 Å². The fourth-order valence-electron chi connectivity index (χ4n) is 2.04. The van der Waals surface area contributed by atoms with Crippen molar-refractivity contribution in [2.75, 3.05) is 13.2 Å². The highest BCUT2D eigenvalue weighted by Crippen LogP contribution is 2.24. The van der Waals surface area contributed by atoms with Gasteiger partial charge in [0.1, 0.15) is 12.4 Å². The molecule has 0 saturated carbocycles. The van der Waals surface area contributed by atoms with Gasteiger partial charge in [-0.3, -0.25) is 14.9 Å². The number of rotatable bonds is 5. The molecule has 0 spiro atoms. The van der Waals surface area contributed by atoms with E-state index < -0.39 is 10.8 Å². The van der Waals surface area contributed by atoms with E-state index in [1.54, 1.807) is 0 Å². The number of amides is 1. The molecule has 1 aliphatic rings. The second-order valence-corrected chi connectivity index (χ2v) is 4.41. The molecule has 2 rings (SSSR count). The number of benzene rings is 1. The number of carbonyl (C=O) groups is 1. The monoisotopic (exact) mass is 265 g/mol. The van der Waals surface area contributed by atoms with Crippen LogP contribution in [0.4, 0.5) is 5.69 Å². The van der Waals surface area contributed by atoms with Crippen molar-refractivity contribution in [1.29, 1.82) is 0 Å². The number of hydrogen-bond donors (Lipinski definition) is 2. The van der Waals surface area contributed by atoms with Gasteiger partial charge in [0.25, 0.3) is 11.6 Å². The van der Waals surface area contributed by atoms with Crippen LogP contribution in [0.1, 0.15) is 23.2 Å². The molecule has 19 heavy (non-hydrogen) atoms. The second kappa shape index (κ2) is 5.66. The van der Waals surface area contributed by atoms with Gasteiger partial charge in [-0.15, -0.1) is 0 Å². The van der Waals surface area contributed by atoms with Crippen LogP contribution in [0, 0.1) is 10.1 Å². The highest BCUT2D eigenvalue weighted by molar-refractivity contribution is 5.96. The number of nitrogens with two attached hydrogens (primary N) is 1. The summed E-state index contributed by atoms with van der Waals surface area (Å²) in [6, 6.07) is 4.09. The van der Waals surface area contributed by atoms with E-state index in [-0.39, 0.29) is 23.0 Å². The molecule has 1 heterocycles. The predicted molar refractivity (Wildman–Crippen MR) is 68.1 cm³/mol. The van der Waals surface area contributed by atoms with Gasteiger partial charge in [0.2, 0.25) is 0 Å². The molecule has 1 fully saturated rings. The highest BCUT2D eigenvalue weighted by Gasteiger charge is 2.18. The topological polar surface area (TPSA) is 107 Å². The average Bonchev–Trinajstić information content (AvgIpc) is 2.89. The summed E-state index contributed by atoms with van der Waals surface area (Å²) in [7, 11) is 0. The molecule has 0 aliphatic carbocycles. The molecule has 0 radical (unpaired) electrons. The normalized spacial score (nSPS) is 18.2. The van der Waals surface area contributed by atoms with Crippen molar-refractivity contribution < 1.29 is 14.5 Å². The molecule has 1 unspecified atom stereocenters. The zero-order valence-corrected chi connectivity index (χ0v) is 10.3. The summed E-state index contributed by atoms with van der Waals surface area (Å²) in [5.74, 6) is -0.454. The van der Waals surface area contributed by atoms with E-state index in [9.17, 15) is 14.9 Å². The third-order valence-corrected chi connectivity index (χ3v) is 3.04. The Kier molecular flexibility index (Phi) is 3.96. The molecule has 1 aliphatic heterocycles. The lowest BCUT2D eigenvalue weighted by Gasteiger charge is -2.13. The van der Waals surface area contributed by atoms with Gasteiger partial charge in [-0.05, 0) is 25.5 Å². The Labute approximate surface area is 109 Å². The van der Waals surface area contributed by atoms with Crippen LogP contribution < -0.4 is 15.8 Å². The maximum absolute atomic E-state index is 11.3. The fourth-order valence-corrected chi connectivity index (χ4v) is 2.04. The van der Waals surface area contributed by atoms with E-state index >= 15 is 0 Å². The van der Waals surface area contributed by atoms with Gasteiger partial charge in [-0.1, -0.05) is 0 Å². The Bertz CT molecular complexity index is 498. The zero-order valence-electron chi connectivity index (χ0n) is 10.3. The lowest BCUT2D eigenvalue weighted by atomic mass is 10.1. The molecule has 7 nitrogen and oxygen atoms in total. The summed E-state index contributed by atoms with van der Waals surface area (Å²) in [6.45, 7) is 1.37. The number of nitro benzene ring substituents is 1. The summed E-state index contributed by atoms with van der Waals surface area (Å²) in [6.07, 6.45) is 2.11. The van der Waals surface area contributed by atoms with Crippen molar-refractivity contribution in [3.63, 3.8) is 0 Å². The first-order valence-electron chi connectivity index (χ1n) is 6.02. The third kappa shape index (κ3) is 3.19. The Hall–Kier alpha value is -2.15. The summed E-state index contributed by atoms with van der Waals surface area (Å²) < 4.78 is 5.53. The molecule has 1 amide bonds. The number of nitro groups is 1. The number of hydrogen-bond acceptors (Lipinski definition) is 5. The number of nitrogens with zero attached hydrogens (tertiary/aromatic N) is 1. The van der Waals surface area contributed by atoms with Crippen LogP contribution in [0.3, 0.4) is 0 Å². The zero-order chi connectivity index (χ0) is 13.8. The summed E-state index contributed by atoms with van der Waals surface area (Å²) in [5.41, 5.74) is 5.06. The molecule has 3 N–H and O–H groups in total. The van der Waals surface area contributed by atoms with Crippen molar-refractivity contribution >= 4 is 11.6 Å². The lowest BCUT2D eigenvalue weighted by Crippen LogP contribution is -2.28.